The quantitative estimate of drug-likeness (QED) is 0.421. The molecule has 0 atom stereocenters. The lowest BCUT2D eigenvalue weighted by atomic mass is 9.86. The van der Waals surface area contributed by atoms with Gasteiger partial charge in [-0.3, -0.25) is 0 Å². The van der Waals surface area contributed by atoms with Gasteiger partial charge in [-0.2, -0.15) is 0 Å². The Kier molecular flexibility index (Phi) is 5.60. The highest BCUT2D eigenvalue weighted by molar-refractivity contribution is 5.82. The number of aryl methyl sites for hydroxylation is 1. The molecule has 0 bridgehead atoms. The van der Waals surface area contributed by atoms with Crippen molar-refractivity contribution in [3.05, 3.63) is 83.4 Å². The van der Waals surface area contributed by atoms with Crippen LogP contribution in [0, 0.1) is 6.92 Å². The van der Waals surface area contributed by atoms with Gasteiger partial charge in [0.15, 0.2) is 0 Å². The lowest BCUT2D eigenvalue weighted by Crippen LogP contribution is -2.10. The number of rotatable bonds is 5. The van der Waals surface area contributed by atoms with Crippen molar-refractivity contribution in [3.63, 3.8) is 0 Å². The molecule has 23 heavy (non-hydrogen) atoms. The van der Waals surface area contributed by atoms with Crippen LogP contribution >= 0.6 is 0 Å². The Labute approximate surface area is 141 Å². The maximum Gasteiger partial charge on any atom is -0.0132 e. The van der Waals surface area contributed by atoms with Crippen LogP contribution in [-0.2, 0) is 5.41 Å². The summed E-state index contributed by atoms with van der Waals surface area (Å²) in [4.78, 5) is 0. The molecule has 2 rings (SSSR count). The molecule has 2 aromatic carbocycles. The predicted molar refractivity (Wildman–Crippen MR) is 104 cm³/mol. The van der Waals surface area contributed by atoms with Gasteiger partial charge in [-0.15, -0.1) is 6.58 Å². The van der Waals surface area contributed by atoms with Crippen molar-refractivity contribution in [2.75, 3.05) is 0 Å². The fourth-order valence-electron chi connectivity index (χ4n) is 2.76. The van der Waals surface area contributed by atoms with E-state index < -0.39 is 0 Å². The molecule has 0 radical (unpaired) electrons. The first-order valence-corrected chi connectivity index (χ1v) is 8.40. The topological polar surface area (TPSA) is 0 Å². The van der Waals surface area contributed by atoms with Gasteiger partial charge in [-0.1, -0.05) is 81.5 Å². The van der Waals surface area contributed by atoms with E-state index >= 15 is 0 Å². The lowest BCUT2D eigenvalue weighted by Gasteiger charge is -2.19. The molecule has 0 saturated carbocycles. The zero-order chi connectivity index (χ0) is 16.9. The van der Waals surface area contributed by atoms with Gasteiger partial charge in [0.1, 0.15) is 0 Å². The second kappa shape index (κ2) is 7.46. The van der Waals surface area contributed by atoms with Gasteiger partial charge >= 0.3 is 0 Å². The molecule has 0 N–H and O–H groups in total. The normalized spacial score (nSPS) is 12.3. The van der Waals surface area contributed by atoms with Gasteiger partial charge in [-0.05, 0) is 53.0 Å². The smallest absolute Gasteiger partial charge is 0.0132 e. The monoisotopic (exact) mass is 304 g/mol. The van der Waals surface area contributed by atoms with Gasteiger partial charge in [-0.25, -0.2) is 0 Å². The minimum absolute atomic E-state index is 0.198. The lowest BCUT2D eigenvalue weighted by molar-refractivity contribution is 0.590. The van der Waals surface area contributed by atoms with Crippen molar-refractivity contribution in [2.24, 2.45) is 0 Å². The Morgan fingerprint density at radius 2 is 1.65 bits per heavy atom. The Hall–Kier alpha value is -2.08. The highest BCUT2D eigenvalue weighted by Gasteiger charge is 2.12. The summed E-state index contributed by atoms with van der Waals surface area (Å²) in [5.74, 6) is 0. The molecule has 2 aromatic rings. The van der Waals surface area contributed by atoms with Crippen LogP contribution in [0.15, 0.2) is 61.2 Å². The molecule has 0 aromatic heterocycles. The van der Waals surface area contributed by atoms with E-state index in [4.69, 9.17) is 0 Å². The molecule has 0 aliphatic rings. The van der Waals surface area contributed by atoms with E-state index in [-0.39, 0.29) is 5.41 Å². The summed E-state index contributed by atoms with van der Waals surface area (Å²) in [6.07, 6.45) is 6.34. The summed E-state index contributed by atoms with van der Waals surface area (Å²) in [6.45, 7) is 12.8. The van der Waals surface area contributed by atoms with E-state index in [0.29, 0.717) is 0 Å². The average Bonchev–Trinajstić information content (AvgIpc) is 2.52. The minimum atomic E-state index is 0.198. The molecule has 0 unspecified atom stereocenters. The molecule has 0 saturated heterocycles. The largest absolute Gasteiger partial charge is 0.103 e. The summed E-state index contributed by atoms with van der Waals surface area (Å²) >= 11 is 0. The fraction of sp³-hybridized carbons (Fsp3) is 0.304. The summed E-state index contributed by atoms with van der Waals surface area (Å²) in [5, 5.41) is 0. The van der Waals surface area contributed by atoms with Crippen molar-refractivity contribution in [1.29, 1.82) is 0 Å². The molecule has 0 spiro atoms. The number of benzene rings is 2. The van der Waals surface area contributed by atoms with Gasteiger partial charge in [0.25, 0.3) is 0 Å². The van der Waals surface area contributed by atoms with Crippen molar-refractivity contribution in [2.45, 2.75) is 46.0 Å². The van der Waals surface area contributed by atoms with Crippen LogP contribution in [0.3, 0.4) is 0 Å². The first-order chi connectivity index (χ1) is 10.9. The van der Waals surface area contributed by atoms with E-state index in [1.54, 1.807) is 0 Å². The van der Waals surface area contributed by atoms with Gasteiger partial charge in [0.2, 0.25) is 0 Å². The second-order valence-electron chi connectivity index (χ2n) is 7.18. The Morgan fingerprint density at radius 1 is 1.00 bits per heavy atom. The zero-order valence-corrected chi connectivity index (χ0v) is 14.9. The predicted octanol–water partition coefficient (Wildman–Crippen LogP) is 6.80. The highest BCUT2D eigenvalue weighted by atomic mass is 14.2. The molecular formula is C23H28. The van der Waals surface area contributed by atoms with E-state index in [0.717, 1.165) is 12.8 Å². The van der Waals surface area contributed by atoms with Crippen molar-refractivity contribution in [1.82, 2.24) is 0 Å². The van der Waals surface area contributed by atoms with Crippen molar-refractivity contribution >= 4 is 11.6 Å². The Bertz CT molecular complexity index is 679. The third-order valence-corrected chi connectivity index (χ3v) is 4.23. The number of allylic oxidation sites excluding steroid dienone is 2. The van der Waals surface area contributed by atoms with Gasteiger partial charge in [0.05, 0.1) is 0 Å². The molecule has 0 fully saturated rings. The van der Waals surface area contributed by atoms with Crippen molar-refractivity contribution < 1.29 is 0 Å². The van der Waals surface area contributed by atoms with E-state index in [2.05, 4.69) is 88.9 Å². The van der Waals surface area contributed by atoms with E-state index in [1.807, 2.05) is 6.08 Å². The van der Waals surface area contributed by atoms with Gasteiger partial charge in [0, 0.05) is 0 Å². The second-order valence-corrected chi connectivity index (χ2v) is 7.18. The number of hydrogen-bond donors (Lipinski definition) is 0. The van der Waals surface area contributed by atoms with Crippen LogP contribution in [0.5, 0.6) is 0 Å². The van der Waals surface area contributed by atoms with Crippen LogP contribution in [-0.4, -0.2) is 0 Å². The van der Waals surface area contributed by atoms with Crippen LogP contribution in [0.2, 0.25) is 0 Å². The standard InChI is InChI=1S/C23H28/c1-6-7-11-20(22-12-9-8-10-18(22)2)17-19-13-15-21(16-14-19)23(3,4)5/h6,8-10,12-17H,1,7,11H2,2-5H3/b20-17+. The first kappa shape index (κ1) is 17.3. The highest BCUT2D eigenvalue weighted by Crippen LogP contribution is 2.27. The average molecular weight is 304 g/mol. The Balaban J connectivity index is 2.37. The van der Waals surface area contributed by atoms with Crippen molar-refractivity contribution in [3.8, 4) is 0 Å². The first-order valence-electron chi connectivity index (χ1n) is 8.40. The third-order valence-electron chi connectivity index (χ3n) is 4.23. The summed E-state index contributed by atoms with van der Waals surface area (Å²) in [7, 11) is 0. The maximum atomic E-state index is 3.87. The fourth-order valence-corrected chi connectivity index (χ4v) is 2.76. The third kappa shape index (κ3) is 4.69. The SMILES string of the molecule is C=CCC/C(=C\c1ccc(C(C)(C)C)cc1)c1ccccc1C. The minimum Gasteiger partial charge on any atom is -0.103 e. The number of hydrogen-bond acceptors (Lipinski definition) is 0. The molecule has 0 aliphatic heterocycles. The molecule has 0 nitrogen and oxygen atoms in total. The molecular weight excluding hydrogens is 276 g/mol. The summed E-state index contributed by atoms with van der Waals surface area (Å²) < 4.78 is 0. The van der Waals surface area contributed by atoms with Gasteiger partial charge < -0.3 is 0 Å². The van der Waals surface area contributed by atoms with Crippen LogP contribution < -0.4 is 0 Å². The molecule has 0 aliphatic carbocycles. The van der Waals surface area contributed by atoms with Crippen LogP contribution in [0.25, 0.3) is 11.6 Å². The maximum absolute atomic E-state index is 3.87. The van der Waals surface area contributed by atoms with Crippen LogP contribution in [0.1, 0.15) is 55.9 Å². The summed E-state index contributed by atoms with van der Waals surface area (Å²) in [6, 6.07) is 17.6. The van der Waals surface area contributed by atoms with Crippen LogP contribution in [0.4, 0.5) is 0 Å². The summed E-state index contributed by atoms with van der Waals surface area (Å²) in [5.41, 5.74) is 6.89. The van der Waals surface area contributed by atoms with E-state index in [1.165, 1.54) is 27.8 Å². The molecule has 0 amide bonds. The molecule has 0 heterocycles. The molecule has 120 valence electrons. The Morgan fingerprint density at radius 3 is 2.22 bits per heavy atom. The zero-order valence-electron chi connectivity index (χ0n) is 14.9. The van der Waals surface area contributed by atoms with E-state index in [9.17, 15) is 0 Å². The molecule has 0 heteroatoms.